The Bertz CT molecular complexity index is 1970. The molecule has 2 radical (unpaired) electrons. The summed E-state index contributed by atoms with van der Waals surface area (Å²) in [5, 5.41) is 5.58. The average Bonchev–Trinajstić information content (AvgIpc) is 3.74. The number of hydrogen-bond acceptors (Lipinski definition) is 0. The first-order valence-electron chi connectivity index (χ1n) is 21.6. The van der Waals surface area contributed by atoms with E-state index in [0.29, 0.717) is 35.5 Å². The van der Waals surface area contributed by atoms with E-state index in [4.69, 9.17) is 17.0 Å². The van der Waals surface area contributed by atoms with Gasteiger partial charge < -0.3 is 0 Å². The van der Waals surface area contributed by atoms with Gasteiger partial charge in [-0.3, -0.25) is 0 Å². The third-order valence-electron chi connectivity index (χ3n) is 10.8. The molecule has 6 rings (SSSR count). The molecule has 4 heteroatoms. The monoisotopic (exact) mass is 908 g/mol. The molecular formula is C54H72Cl2SiZr. The van der Waals surface area contributed by atoms with Crippen molar-refractivity contribution < 1.29 is 20.8 Å². The second kappa shape index (κ2) is 23.7. The van der Waals surface area contributed by atoms with Crippen LogP contribution in [0.3, 0.4) is 0 Å². The van der Waals surface area contributed by atoms with Crippen molar-refractivity contribution in [2.45, 2.75) is 147 Å². The van der Waals surface area contributed by atoms with Crippen LogP contribution in [0, 0.1) is 25.7 Å². The van der Waals surface area contributed by atoms with Gasteiger partial charge in [-0.15, -0.1) is 69.1 Å². The summed E-state index contributed by atoms with van der Waals surface area (Å²) in [5.74, 6) is 3.55. The minimum atomic E-state index is -0.826. The van der Waals surface area contributed by atoms with Crippen LogP contribution < -0.4 is 0 Å². The predicted molar refractivity (Wildman–Crippen MR) is 262 cm³/mol. The zero-order chi connectivity index (χ0) is 43.4. The van der Waals surface area contributed by atoms with Gasteiger partial charge in [0.15, 0.2) is 0 Å². The molecule has 0 nitrogen and oxygen atoms in total. The Morgan fingerprint density at radius 1 is 0.483 bits per heavy atom. The van der Waals surface area contributed by atoms with E-state index < -0.39 is 20.8 Å². The van der Waals surface area contributed by atoms with Gasteiger partial charge in [-0.05, 0) is 95.6 Å². The summed E-state index contributed by atoms with van der Waals surface area (Å²) in [5.41, 5.74) is 17.0. The molecule has 0 fully saturated rings. The third-order valence-corrected chi connectivity index (χ3v) is 10.8. The molecule has 0 aliphatic rings. The minimum absolute atomic E-state index is 0.545. The molecule has 58 heavy (non-hydrogen) atoms. The molecule has 0 amide bonds. The summed E-state index contributed by atoms with van der Waals surface area (Å²) < 4.78 is 0. The molecular weight excluding hydrogens is 839 g/mol. The van der Waals surface area contributed by atoms with Gasteiger partial charge >= 0.3 is 37.9 Å². The molecule has 6 aromatic rings. The molecule has 0 saturated carbocycles. The number of rotatable bonds is 10. The first-order chi connectivity index (χ1) is 27.3. The first-order valence-corrected chi connectivity index (χ1v) is 29.9. The quantitative estimate of drug-likeness (QED) is 0.0949. The van der Waals surface area contributed by atoms with Gasteiger partial charge in [0.2, 0.25) is 0 Å². The Balaban J connectivity index is 0.000000273. The first kappa shape index (κ1) is 50.1. The zero-order valence-electron chi connectivity index (χ0n) is 38.7. The topological polar surface area (TPSA) is 0 Å². The van der Waals surface area contributed by atoms with E-state index in [1.54, 1.807) is 0 Å². The van der Waals surface area contributed by atoms with Crippen molar-refractivity contribution in [2.75, 3.05) is 0 Å². The number of hydrogen-bond donors (Lipinski definition) is 0. The van der Waals surface area contributed by atoms with E-state index in [2.05, 4.69) is 195 Å². The summed E-state index contributed by atoms with van der Waals surface area (Å²) in [6.07, 6.45) is 2.30. The van der Waals surface area contributed by atoms with Crippen LogP contribution in [0.15, 0.2) is 84.9 Å². The Kier molecular flexibility index (Phi) is 20.5. The van der Waals surface area contributed by atoms with Gasteiger partial charge in [0.1, 0.15) is 0 Å². The molecule has 0 N–H and O–H groups in total. The Hall–Kier alpha value is -2.22. The second-order valence-corrected chi connectivity index (χ2v) is 23.1. The van der Waals surface area contributed by atoms with Gasteiger partial charge in [0.05, 0.1) is 0 Å². The Labute approximate surface area is 376 Å². The number of fused-ring (bicyclic) bond motifs is 2. The van der Waals surface area contributed by atoms with Crippen molar-refractivity contribution in [3.63, 3.8) is 0 Å². The van der Waals surface area contributed by atoms with Gasteiger partial charge in [-0.25, -0.2) is 0 Å². The van der Waals surface area contributed by atoms with E-state index in [0.717, 1.165) is 22.4 Å². The van der Waals surface area contributed by atoms with Crippen molar-refractivity contribution in [2.24, 2.45) is 11.8 Å². The summed E-state index contributed by atoms with van der Waals surface area (Å²) in [4.78, 5) is 0. The Morgan fingerprint density at radius 2 is 0.759 bits per heavy atom. The molecule has 0 spiro atoms. The maximum absolute atomic E-state index is 4.93. The van der Waals surface area contributed by atoms with Gasteiger partial charge in [-0.2, -0.15) is 12.1 Å². The van der Waals surface area contributed by atoms with Crippen LogP contribution in [0.2, 0.25) is 13.1 Å². The second-order valence-electron chi connectivity index (χ2n) is 18.4. The molecule has 0 atom stereocenters. The molecule has 0 bridgehead atoms. The molecule has 0 unspecified atom stereocenters. The average molecular weight is 911 g/mol. The zero-order valence-corrected chi connectivity index (χ0v) is 43.7. The summed E-state index contributed by atoms with van der Waals surface area (Å²) in [6, 6.07) is 33.2. The van der Waals surface area contributed by atoms with E-state index in [-0.39, 0.29) is 0 Å². The van der Waals surface area contributed by atoms with Crippen LogP contribution >= 0.6 is 17.0 Å². The predicted octanol–water partition coefficient (Wildman–Crippen LogP) is 18.1. The third kappa shape index (κ3) is 13.9. The summed E-state index contributed by atoms with van der Waals surface area (Å²) in [6.45, 7) is 36.3. The SMILES string of the molecule is C[Si]C.Cc1ccc2[cH-]c(CC(C)C)cc2c1-c1cc(C(C)C)cc(C(C)C)c1.Cc1ccc2[cH-]c(CC(C)C)cc2c1-c1cc(C(C)C)cc(C(C)C)c1.[Cl][Zr+2][Cl]. The van der Waals surface area contributed by atoms with E-state index >= 15 is 0 Å². The summed E-state index contributed by atoms with van der Waals surface area (Å²) >= 11 is -0.826. The van der Waals surface area contributed by atoms with Crippen LogP contribution in [-0.2, 0) is 33.7 Å². The van der Waals surface area contributed by atoms with Crippen LogP contribution in [0.25, 0.3) is 43.8 Å². The normalized spacial score (nSPS) is 11.3. The van der Waals surface area contributed by atoms with Crippen LogP contribution in [0.1, 0.15) is 151 Å². The van der Waals surface area contributed by atoms with Crippen molar-refractivity contribution in [1.29, 1.82) is 0 Å². The number of aryl methyl sites for hydroxylation is 2. The molecule has 0 saturated heterocycles. The fraction of sp³-hybridized carbons (Fsp3) is 0.444. The standard InChI is InChI=1S/2C26H33.C2H6Si.2ClH.Zr/c2*1-16(2)10-20-11-21-9-8-19(7)26(25(21)12-20)24-14-22(17(3)4)13-23(15-24)18(5)6;1-3-2;;;/h2*8-9,11-18H,10H2,1-7H3;1-2H3;2*1H;/q2*-1;;;;+4/p-2. The fourth-order valence-electron chi connectivity index (χ4n) is 7.83. The van der Waals surface area contributed by atoms with Crippen molar-refractivity contribution in [3.05, 3.63) is 129 Å². The van der Waals surface area contributed by atoms with Crippen molar-refractivity contribution in [1.82, 2.24) is 0 Å². The number of benzene rings is 4. The Morgan fingerprint density at radius 3 is 1.00 bits per heavy atom. The molecule has 0 aromatic heterocycles. The van der Waals surface area contributed by atoms with Gasteiger partial charge in [0, 0.05) is 9.52 Å². The van der Waals surface area contributed by atoms with Crippen LogP contribution in [0.5, 0.6) is 0 Å². The van der Waals surface area contributed by atoms with Crippen LogP contribution in [0.4, 0.5) is 0 Å². The van der Waals surface area contributed by atoms with Crippen LogP contribution in [-0.4, -0.2) is 9.52 Å². The van der Waals surface area contributed by atoms with Crippen molar-refractivity contribution in [3.8, 4) is 22.3 Å². The molecule has 0 heterocycles. The fourth-order valence-corrected chi connectivity index (χ4v) is 7.83. The van der Waals surface area contributed by atoms with Gasteiger partial charge in [0.25, 0.3) is 0 Å². The van der Waals surface area contributed by atoms with E-state index in [9.17, 15) is 0 Å². The molecule has 6 aromatic carbocycles. The molecule has 310 valence electrons. The molecule has 0 aliphatic heterocycles. The number of halogens is 2. The van der Waals surface area contributed by atoms with E-state index in [1.807, 2.05) is 0 Å². The summed E-state index contributed by atoms with van der Waals surface area (Å²) in [7, 11) is 11.0. The van der Waals surface area contributed by atoms with Crippen molar-refractivity contribution >= 4 is 48.1 Å². The van der Waals surface area contributed by atoms with Gasteiger partial charge in [-0.1, -0.05) is 155 Å². The maximum atomic E-state index is 4.93. The van der Waals surface area contributed by atoms with E-state index in [1.165, 1.54) is 88.3 Å². The molecule has 0 aliphatic carbocycles.